The molecule has 0 saturated heterocycles. The maximum atomic E-state index is 10.7. The molecule has 0 amide bonds. The van der Waals surface area contributed by atoms with Crippen LogP contribution in [-0.4, -0.2) is 62.5 Å². The Morgan fingerprint density at radius 3 is 2.17 bits per heavy atom. The van der Waals surface area contributed by atoms with Gasteiger partial charge in [0.15, 0.2) is 0 Å². The fraction of sp³-hybridized carbons (Fsp3) is 0.0714. The predicted molar refractivity (Wildman–Crippen MR) is 69.9 cm³/mol. The summed E-state index contributed by atoms with van der Waals surface area (Å²) in [7, 11) is 0. The van der Waals surface area contributed by atoms with Gasteiger partial charge in [-0.25, -0.2) is 4.79 Å². The minimum absolute atomic E-state index is 0. The molecule has 2 aromatic carbocycles. The van der Waals surface area contributed by atoms with E-state index in [0.717, 1.165) is 5.56 Å². The first-order valence-electron chi connectivity index (χ1n) is 5.26. The molecule has 0 spiro atoms. The van der Waals surface area contributed by atoms with Gasteiger partial charge in [-0.15, -0.1) is 0 Å². The van der Waals surface area contributed by atoms with E-state index in [1.807, 2.05) is 30.3 Å². The topological polar surface area (TPSA) is 46.5 Å². The molecule has 4 heteroatoms. The number of carboxylic acids is 1. The quantitative estimate of drug-likeness (QED) is 0.866. The Morgan fingerprint density at radius 2 is 1.61 bits per heavy atom. The average molecular weight is 267 g/mol. The smallest absolute Gasteiger partial charge is 0.335 e. The van der Waals surface area contributed by atoms with E-state index in [2.05, 4.69) is 0 Å². The molecule has 0 aliphatic heterocycles. The van der Waals surface area contributed by atoms with Crippen LogP contribution in [0.1, 0.15) is 15.9 Å². The van der Waals surface area contributed by atoms with Crippen LogP contribution in [0.3, 0.4) is 0 Å². The van der Waals surface area contributed by atoms with Crippen LogP contribution in [0.5, 0.6) is 5.75 Å². The van der Waals surface area contributed by atoms with Crippen LogP contribution in [0.4, 0.5) is 0 Å². The van der Waals surface area contributed by atoms with Gasteiger partial charge in [0.25, 0.3) is 0 Å². The molecule has 1 radical (unpaired) electrons. The van der Waals surface area contributed by atoms with Crippen molar-refractivity contribution in [2.75, 3.05) is 0 Å². The molecule has 87 valence electrons. The molecule has 0 atom stereocenters. The van der Waals surface area contributed by atoms with Gasteiger partial charge in [-0.2, -0.15) is 0 Å². The van der Waals surface area contributed by atoms with E-state index in [9.17, 15) is 4.79 Å². The van der Waals surface area contributed by atoms with Crippen molar-refractivity contribution in [3.63, 3.8) is 0 Å². The summed E-state index contributed by atoms with van der Waals surface area (Å²) < 4.78 is 5.53. The number of hydrogen-bond acceptors (Lipinski definition) is 2. The minimum atomic E-state index is -0.931. The van der Waals surface area contributed by atoms with Gasteiger partial charge in [-0.05, 0) is 29.8 Å². The van der Waals surface area contributed by atoms with Gasteiger partial charge in [0.2, 0.25) is 0 Å². The third-order valence-electron chi connectivity index (χ3n) is 2.35. The van der Waals surface area contributed by atoms with Gasteiger partial charge in [0, 0.05) is 51.4 Å². The second-order valence-corrected chi connectivity index (χ2v) is 3.60. The summed E-state index contributed by atoms with van der Waals surface area (Å²) >= 11 is 0. The van der Waals surface area contributed by atoms with E-state index in [1.165, 1.54) is 12.1 Å². The zero-order chi connectivity index (χ0) is 12.1. The molecular formula is C14H12KO3. The predicted octanol–water partition coefficient (Wildman–Crippen LogP) is 2.58. The Hall–Kier alpha value is -0.654. The van der Waals surface area contributed by atoms with Crippen LogP contribution in [0.25, 0.3) is 0 Å². The largest absolute Gasteiger partial charge is 0.489 e. The van der Waals surface area contributed by atoms with E-state index in [-0.39, 0.29) is 56.9 Å². The van der Waals surface area contributed by atoms with Crippen molar-refractivity contribution in [1.29, 1.82) is 0 Å². The Labute approximate surface area is 148 Å². The fourth-order valence-electron chi connectivity index (χ4n) is 1.43. The first kappa shape index (κ1) is 15.4. The molecule has 0 fully saturated rings. The molecule has 0 bridgehead atoms. The summed E-state index contributed by atoms with van der Waals surface area (Å²) in [6, 6.07) is 16.2. The van der Waals surface area contributed by atoms with Gasteiger partial charge >= 0.3 is 5.97 Å². The normalized spacial score (nSPS) is 9.33. The molecule has 2 aromatic rings. The van der Waals surface area contributed by atoms with E-state index < -0.39 is 5.97 Å². The molecule has 2 rings (SSSR count). The third kappa shape index (κ3) is 4.55. The maximum Gasteiger partial charge on any atom is 0.335 e. The number of carboxylic acid groups (broad SMARTS) is 1. The van der Waals surface area contributed by atoms with Gasteiger partial charge in [0.05, 0.1) is 5.56 Å². The molecule has 0 aliphatic rings. The van der Waals surface area contributed by atoms with Crippen molar-refractivity contribution in [3.05, 3.63) is 65.7 Å². The van der Waals surface area contributed by atoms with Crippen LogP contribution in [0.15, 0.2) is 54.6 Å². The van der Waals surface area contributed by atoms with Crippen molar-refractivity contribution in [2.45, 2.75) is 6.61 Å². The molecule has 0 aliphatic carbocycles. The summed E-state index contributed by atoms with van der Waals surface area (Å²) in [6.45, 7) is 0.479. The average Bonchev–Trinajstić information content (AvgIpc) is 2.38. The Kier molecular flexibility index (Phi) is 6.60. The van der Waals surface area contributed by atoms with Crippen molar-refractivity contribution < 1.29 is 14.6 Å². The zero-order valence-corrected chi connectivity index (χ0v) is 13.3. The number of carbonyl (C=O) groups is 1. The number of hydrogen-bond donors (Lipinski definition) is 1. The molecule has 18 heavy (non-hydrogen) atoms. The molecule has 1 N–H and O–H groups in total. The molecule has 0 unspecified atom stereocenters. The van der Waals surface area contributed by atoms with Crippen molar-refractivity contribution in [3.8, 4) is 5.75 Å². The van der Waals surface area contributed by atoms with Gasteiger partial charge in [-0.3, -0.25) is 0 Å². The number of ether oxygens (including phenoxy) is 1. The van der Waals surface area contributed by atoms with Crippen LogP contribution in [-0.2, 0) is 6.61 Å². The van der Waals surface area contributed by atoms with E-state index in [1.54, 1.807) is 12.1 Å². The first-order chi connectivity index (χ1) is 8.25. The molecule has 0 saturated carbocycles. The summed E-state index contributed by atoms with van der Waals surface area (Å²) in [5.41, 5.74) is 1.34. The monoisotopic (exact) mass is 267 g/mol. The van der Waals surface area contributed by atoms with Crippen molar-refractivity contribution >= 4 is 57.4 Å². The maximum absolute atomic E-state index is 10.7. The van der Waals surface area contributed by atoms with Crippen LogP contribution < -0.4 is 4.74 Å². The van der Waals surface area contributed by atoms with Crippen LogP contribution in [0.2, 0.25) is 0 Å². The number of benzene rings is 2. The fourth-order valence-corrected chi connectivity index (χ4v) is 1.43. The SMILES string of the molecule is O=C(O)c1ccc(OCc2ccccc2)cc1.[K]. The van der Waals surface area contributed by atoms with Crippen molar-refractivity contribution in [2.24, 2.45) is 0 Å². The minimum Gasteiger partial charge on any atom is -0.489 e. The molecule has 3 nitrogen and oxygen atoms in total. The standard InChI is InChI=1S/C14H12O3.K/c15-14(16)12-6-8-13(9-7-12)17-10-11-4-2-1-3-5-11;/h1-9H,10H2,(H,15,16);. The van der Waals surface area contributed by atoms with Gasteiger partial charge < -0.3 is 9.84 Å². The summed E-state index contributed by atoms with van der Waals surface area (Å²) in [5.74, 6) is -0.265. The van der Waals surface area contributed by atoms with Crippen LogP contribution >= 0.6 is 0 Å². The second-order valence-electron chi connectivity index (χ2n) is 3.60. The molecule has 0 aromatic heterocycles. The first-order valence-corrected chi connectivity index (χ1v) is 5.26. The van der Waals surface area contributed by atoms with E-state index in [4.69, 9.17) is 9.84 Å². The third-order valence-corrected chi connectivity index (χ3v) is 2.35. The van der Waals surface area contributed by atoms with E-state index >= 15 is 0 Å². The van der Waals surface area contributed by atoms with Gasteiger partial charge in [-0.1, -0.05) is 30.3 Å². The molecular weight excluding hydrogens is 255 g/mol. The summed E-state index contributed by atoms with van der Waals surface area (Å²) in [5, 5.41) is 8.74. The summed E-state index contributed by atoms with van der Waals surface area (Å²) in [6.07, 6.45) is 0. The van der Waals surface area contributed by atoms with Crippen LogP contribution in [0, 0.1) is 0 Å². The zero-order valence-electron chi connectivity index (χ0n) is 10.2. The Balaban J connectivity index is 0.00000162. The second kappa shape index (κ2) is 7.71. The summed E-state index contributed by atoms with van der Waals surface area (Å²) in [4.78, 5) is 10.7. The number of rotatable bonds is 4. The molecule has 0 heterocycles. The Morgan fingerprint density at radius 1 is 1.00 bits per heavy atom. The van der Waals surface area contributed by atoms with Gasteiger partial charge in [0.1, 0.15) is 12.4 Å². The van der Waals surface area contributed by atoms with Crippen molar-refractivity contribution in [1.82, 2.24) is 0 Å². The van der Waals surface area contributed by atoms with E-state index in [0.29, 0.717) is 12.4 Å². The Bertz CT molecular complexity index is 494. The number of aromatic carboxylic acids is 1.